The third-order valence-electron chi connectivity index (χ3n) is 5.31. The number of carbonyl (C=O) groups is 2. The summed E-state index contributed by atoms with van der Waals surface area (Å²) in [6, 6.07) is 10.4. The van der Waals surface area contributed by atoms with Crippen molar-refractivity contribution in [3.63, 3.8) is 0 Å². The molecule has 24 heavy (non-hydrogen) atoms. The Hall–Kier alpha value is -1.84. The van der Waals surface area contributed by atoms with Gasteiger partial charge in [-0.3, -0.25) is 9.59 Å². The fourth-order valence-corrected chi connectivity index (χ4v) is 3.53. The van der Waals surface area contributed by atoms with Crippen LogP contribution in [0.3, 0.4) is 0 Å². The maximum atomic E-state index is 13.0. The van der Waals surface area contributed by atoms with Crippen LogP contribution in [-0.2, 0) is 16.1 Å². The molecule has 1 unspecified atom stereocenters. The van der Waals surface area contributed by atoms with Crippen LogP contribution >= 0.6 is 0 Å². The van der Waals surface area contributed by atoms with Crippen LogP contribution in [0.2, 0.25) is 0 Å². The van der Waals surface area contributed by atoms with Gasteiger partial charge in [-0.1, -0.05) is 36.8 Å². The van der Waals surface area contributed by atoms with Crippen LogP contribution in [0.4, 0.5) is 0 Å². The first-order valence-electron chi connectivity index (χ1n) is 9.26. The summed E-state index contributed by atoms with van der Waals surface area (Å²) in [5.41, 5.74) is 1.15. The molecule has 1 aromatic rings. The summed E-state index contributed by atoms with van der Waals surface area (Å²) in [5.74, 6) is 0.852. The number of nitrogens with zero attached hydrogens (tertiary/aromatic N) is 2. The van der Waals surface area contributed by atoms with Crippen molar-refractivity contribution >= 4 is 11.8 Å². The Morgan fingerprint density at radius 3 is 2.67 bits per heavy atom. The molecule has 0 spiro atoms. The summed E-state index contributed by atoms with van der Waals surface area (Å²) in [4.78, 5) is 28.9. The van der Waals surface area contributed by atoms with Crippen LogP contribution in [0.25, 0.3) is 0 Å². The van der Waals surface area contributed by atoms with E-state index in [0.717, 1.165) is 31.4 Å². The molecule has 1 aliphatic carbocycles. The van der Waals surface area contributed by atoms with E-state index in [4.69, 9.17) is 0 Å². The highest BCUT2D eigenvalue weighted by Crippen LogP contribution is 2.35. The molecule has 1 aromatic carbocycles. The van der Waals surface area contributed by atoms with Crippen molar-refractivity contribution in [1.82, 2.24) is 9.80 Å². The lowest BCUT2D eigenvalue weighted by molar-refractivity contribution is -0.142. The minimum atomic E-state index is 0.0912. The van der Waals surface area contributed by atoms with Crippen molar-refractivity contribution in [3.05, 3.63) is 35.9 Å². The third-order valence-corrected chi connectivity index (χ3v) is 5.31. The fourth-order valence-electron chi connectivity index (χ4n) is 3.53. The molecule has 4 heteroatoms. The third kappa shape index (κ3) is 4.37. The van der Waals surface area contributed by atoms with Crippen LogP contribution in [0.1, 0.15) is 51.0 Å². The number of likely N-dealkylation sites (tertiary alicyclic amines) is 1. The van der Waals surface area contributed by atoms with Crippen molar-refractivity contribution in [3.8, 4) is 0 Å². The van der Waals surface area contributed by atoms with Crippen molar-refractivity contribution < 1.29 is 9.59 Å². The zero-order valence-corrected chi connectivity index (χ0v) is 14.6. The van der Waals surface area contributed by atoms with Gasteiger partial charge in [0.25, 0.3) is 0 Å². The van der Waals surface area contributed by atoms with Crippen molar-refractivity contribution in [1.29, 1.82) is 0 Å². The van der Waals surface area contributed by atoms with E-state index in [2.05, 4.69) is 19.1 Å². The van der Waals surface area contributed by atoms with Gasteiger partial charge in [0.2, 0.25) is 11.8 Å². The quantitative estimate of drug-likeness (QED) is 0.804. The average Bonchev–Trinajstić information content (AvgIpc) is 3.43. The van der Waals surface area contributed by atoms with Crippen LogP contribution < -0.4 is 0 Å². The van der Waals surface area contributed by atoms with Crippen LogP contribution in [0.5, 0.6) is 0 Å². The summed E-state index contributed by atoms with van der Waals surface area (Å²) in [5, 5.41) is 0. The van der Waals surface area contributed by atoms with E-state index in [-0.39, 0.29) is 24.4 Å². The highest BCUT2D eigenvalue weighted by atomic mass is 16.2. The van der Waals surface area contributed by atoms with E-state index < -0.39 is 0 Å². The molecule has 1 atom stereocenters. The zero-order valence-electron chi connectivity index (χ0n) is 14.6. The van der Waals surface area contributed by atoms with Crippen molar-refractivity contribution in [2.75, 3.05) is 13.1 Å². The summed E-state index contributed by atoms with van der Waals surface area (Å²) in [6.07, 6.45) is 6.06. The maximum Gasteiger partial charge on any atom is 0.242 e. The predicted octanol–water partition coefficient (Wildman–Crippen LogP) is 3.22. The Balaban J connectivity index is 1.69. The van der Waals surface area contributed by atoms with Gasteiger partial charge < -0.3 is 9.80 Å². The van der Waals surface area contributed by atoms with E-state index in [9.17, 15) is 9.59 Å². The predicted molar refractivity (Wildman–Crippen MR) is 94.2 cm³/mol. The van der Waals surface area contributed by atoms with Crippen LogP contribution in [0, 0.1) is 5.92 Å². The largest absolute Gasteiger partial charge is 0.334 e. The Bertz CT molecular complexity index is 568. The zero-order chi connectivity index (χ0) is 16.9. The van der Waals surface area contributed by atoms with Gasteiger partial charge in [0.05, 0.1) is 6.54 Å². The lowest BCUT2D eigenvalue weighted by atomic mass is 10.1. The Kier molecular flexibility index (Phi) is 5.54. The summed E-state index contributed by atoms with van der Waals surface area (Å²) < 4.78 is 0. The molecule has 2 fully saturated rings. The van der Waals surface area contributed by atoms with E-state index >= 15 is 0 Å². The summed E-state index contributed by atoms with van der Waals surface area (Å²) in [7, 11) is 0. The smallest absolute Gasteiger partial charge is 0.242 e. The lowest BCUT2D eigenvalue weighted by Gasteiger charge is -2.32. The number of rotatable bonds is 6. The maximum absolute atomic E-state index is 13.0. The van der Waals surface area contributed by atoms with Gasteiger partial charge in [-0.2, -0.15) is 0 Å². The van der Waals surface area contributed by atoms with E-state index in [1.165, 1.54) is 12.8 Å². The topological polar surface area (TPSA) is 40.6 Å². The number of hydrogen-bond donors (Lipinski definition) is 0. The molecule has 0 aromatic heterocycles. The minimum Gasteiger partial charge on any atom is -0.334 e. The average molecular weight is 328 g/mol. The molecule has 130 valence electrons. The molecule has 1 heterocycles. The number of carbonyl (C=O) groups excluding carboxylic acids is 2. The first-order chi connectivity index (χ1) is 11.6. The highest BCUT2D eigenvalue weighted by Gasteiger charge is 2.35. The second kappa shape index (κ2) is 7.82. The molecule has 2 amide bonds. The SMILES string of the molecule is CC(C1CC1)N(Cc1ccccc1)C(=O)CN1CCCCCC1=O. The molecular weight excluding hydrogens is 300 g/mol. The van der Waals surface area contributed by atoms with Gasteiger partial charge in [-0.15, -0.1) is 0 Å². The molecule has 4 nitrogen and oxygen atoms in total. The fraction of sp³-hybridized carbons (Fsp3) is 0.600. The van der Waals surface area contributed by atoms with Crippen molar-refractivity contribution in [2.45, 2.75) is 58.0 Å². The first kappa shape index (κ1) is 17.0. The number of benzene rings is 1. The molecule has 0 bridgehead atoms. The monoisotopic (exact) mass is 328 g/mol. The van der Waals surface area contributed by atoms with Crippen molar-refractivity contribution in [2.24, 2.45) is 5.92 Å². The number of hydrogen-bond acceptors (Lipinski definition) is 2. The number of amides is 2. The lowest BCUT2D eigenvalue weighted by Crippen LogP contribution is -2.46. The van der Waals surface area contributed by atoms with Crippen LogP contribution in [-0.4, -0.2) is 40.7 Å². The van der Waals surface area contributed by atoms with Gasteiger partial charge in [0.15, 0.2) is 0 Å². The summed E-state index contributed by atoms with van der Waals surface area (Å²) >= 11 is 0. The normalized spacial score (nSPS) is 19.7. The first-order valence-corrected chi connectivity index (χ1v) is 9.26. The van der Waals surface area contributed by atoms with E-state index in [1.807, 2.05) is 23.1 Å². The Labute approximate surface area is 144 Å². The molecule has 1 aliphatic heterocycles. The standard InChI is InChI=1S/C20H28N2O2/c1-16(18-11-12-18)22(14-17-8-4-2-5-9-17)20(24)15-21-13-7-3-6-10-19(21)23/h2,4-5,8-9,16,18H,3,6-7,10-15H2,1H3. The van der Waals surface area contributed by atoms with Crippen LogP contribution in [0.15, 0.2) is 30.3 Å². The molecule has 3 rings (SSSR count). The van der Waals surface area contributed by atoms with Gasteiger partial charge >= 0.3 is 0 Å². The molecular formula is C20H28N2O2. The highest BCUT2D eigenvalue weighted by molar-refractivity contribution is 5.85. The van der Waals surface area contributed by atoms with Gasteiger partial charge in [-0.25, -0.2) is 0 Å². The van der Waals surface area contributed by atoms with Gasteiger partial charge in [0.1, 0.15) is 0 Å². The second-order valence-electron chi connectivity index (χ2n) is 7.21. The second-order valence-corrected chi connectivity index (χ2v) is 7.21. The van der Waals surface area contributed by atoms with E-state index in [0.29, 0.717) is 18.9 Å². The molecule has 1 saturated heterocycles. The minimum absolute atomic E-state index is 0.0912. The Morgan fingerprint density at radius 1 is 1.21 bits per heavy atom. The molecule has 0 radical (unpaired) electrons. The summed E-state index contributed by atoms with van der Waals surface area (Å²) in [6.45, 7) is 3.76. The van der Waals surface area contributed by atoms with E-state index in [1.54, 1.807) is 4.90 Å². The molecule has 0 N–H and O–H groups in total. The van der Waals surface area contributed by atoms with Gasteiger partial charge in [0, 0.05) is 25.6 Å². The Morgan fingerprint density at radius 2 is 1.96 bits per heavy atom. The molecule has 1 saturated carbocycles. The van der Waals surface area contributed by atoms with Gasteiger partial charge in [-0.05, 0) is 44.1 Å². The molecule has 2 aliphatic rings.